The number of amides is 1. The van der Waals surface area contributed by atoms with Gasteiger partial charge >= 0.3 is 0 Å². The summed E-state index contributed by atoms with van der Waals surface area (Å²) < 4.78 is 0. The zero-order valence-electron chi connectivity index (χ0n) is 11.7. The monoisotopic (exact) mass is 251 g/mol. The van der Waals surface area contributed by atoms with E-state index >= 15 is 0 Å². The molecule has 0 saturated heterocycles. The molecule has 0 atom stereocenters. The summed E-state index contributed by atoms with van der Waals surface area (Å²) in [5.41, 5.74) is 5.19. The van der Waals surface area contributed by atoms with E-state index in [1.807, 2.05) is 0 Å². The molecule has 0 radical (unpaired) electrons. The molecule has 0 aromatic rings. The van der Waals surface area contributed by atoms with Gasteiger partial charge in [0.25, 0.3) is 0 Å². The van der Waals surface area contributed by atoms with Crippen molar-refractivity contribution >= 4 is 5.91 Å². The molecule has 0 aliphatic heterocycles. The SMILES string of the molecule is NC(=O)CCCC1CCC(C2CCCCC2)CC1. The summed E-state index contributed by atoms with van der Waals surface area (Å²) in [6.45, 7) is 0. The Labute approximate surface area is 112 Å². The highest BCUT2D eigenvalue weighted by atomic mass is 16.1. The summed E-state index contributed by atoms with van der Waals surface area (Å²) in [6, 6.07) is 0. The summed E-state index contributed by atoms with van der Waals surface area (Å²) in [4.78, 5) is 10.7. The number of rotatable bonds is 5. The molecule has 18 heavy (non-hydrogen) atoms. The first-order valence-corrected chi connectivity index (χ1v) is 8.04. The molecule has 0 aromatic carbocycles. The van der Waals surface area contributed by atoms with Crippen molar-refractivity contribution in [2.75, 3.05) is 0 Å². The van der Waals surface area contributed by atoms with Crippen LogP contribution in [0.3, 0.4) is 0 Å². The minimum atomic E-state index is -0.133. The Bertz CT molecular complexity index is 250. The van der Waals surface area contributed by atoms with Crippen molar-refractivity contribution in [2.24, 2.45) is 23.5 Å². The van der Waals surface area contributed by atoms with Gasteiger partial charge in [0.15, 0.2) is 0 Å². The van der Waals surface area contributed by atoms with E-state index in [1.54, 1.807) is 0 Å². The molecule has 0 aromatic heterocycles. The summed E-state index contributed by atoms with van der Waals surface area (Å²) in [5, 5.41) is 0. The van der Waals surface area contributed by atoms with Gasteiger partial charge < -0.3 is 5.73 Å². The second-order valence-corrected chi connectivity index (χ2v) is 6.54. The molecule has 0 spiro atoms. The maximum Gasteiger partial charge on any atom is 0.217 e. The lowest BCUT2D eigenvalue weighted by molar-refractivity contribution is -0.118. The Morgan fingerprint density at radius 1 is 0.889 bits per heavy atom. The van der Waals surface area contributed by atoms with Crippen molar-refractivity contribution in [3.63, 3.8) is 0 Å². The third-order valence-electron chi connectivity index (χ3n) is 5.24. The summed E-state index contributed by atoms with van der Waals surface area (Å²) >= 11 is 0. The van der Waals surface area contributed by atoms with Crippen LogP contribution in [0, 0.1) is 17.8 Å². The molecule has 0 bridgehead atoms. The van der Waals surface area contributed by atoms with Crippen molar-refractivity contribution in [1.82, 2.24) is 0 Å². The van der Waals surface area contributed by atoms with E-state index in [-0.39, 0.29) is 5.91 Å². The third-order valence-corrected chi connectivity index (χ3v) is 5.24. The smallest absolute Gasteiger partial charge is 0.217 e. The van der Waals surface area contributed by atoms with Gasteiger partial charge in [-0.1, -0.05) is 44.9 Å². The number of primary amides is 1. The van der Waals surface area contributed by atoms with Gasteiger partial charge in [-0.15, -0.1) is 0 Å². The number of nitrogens with two attached hydrogens (primary N) is 1. The maximum absolute atomic E-state index is 10.7. The van der Waals surface area contributed by atoms with Gasteiger partial charge in [0.05, 0.1) is 0 Å². The summed E-state index contributed by atoms with van der Waals surface area (Å²) in [7, 11) is 0. The van der Waals surface area contributed by atoms with Crippen LogP contribution in [-0.4, -0.2) is 5.91 Å². The molecule has 2 fully saturated rings. The van der Waals surface area contributed by atoms with E-state index in [0.717, 1.165) is 24.2 Å². The van der Waals surface area contributed by atoms with E-state index in [4.69, 9.17) is 5.73 Å². The molecule has 1 amide bonds. The fourth-order valence-electron chi connectivity index (χ4n) is 4.12. The number of hydrogen-bond acceptors (Lipinski definition) is 1. The van der Waals surface area contributed by atoms with E-state index in [9.17, 15) is 4.79 Å². The van der Waals surface area contributed by atoms with Crippen LogP contribution >= 0.6 is 0 Å². The highest BCUT2D eigenvalue weighted by Gasteiger charge is 2.28. The predicted molar refractivity (Wildman–Crippen MR) is 75.1 cm³/mol. The van der Waals surface area contributed by atoms with Crippen LogP contribution in [-0.2, 0) is 4.79 Å². The van der Waals surface area contributed by atoms with Crippen LogP contribution < -0.4 is 5.73 Å². The van der Waals surface area contributed by atoms with Gasteiger partial charge in [-0.25, -0.2) is 0 Å². The lowest BCUT2D eigenvalue weighted by Gasteiger charge is -2.35. The van der Waals surface area contributed by atoms with Gasteiger partial charge in [0.2, 0.25) is 5.91 Å². The van der Waals surface area contributed by atoms with Crippen molar-refractivity contribution in [1.29, 1.82) is 0 Å². The predicted octanol–water partition coefficient (Wildman–Crippen LogP) is 4.03. The highest BCUT2D eigenvalue weighted by molar-refractivity contribution is 5.73. The lowest BCUT2D eigenvalue weighted by atomic mass is 9.70. The maximum atomic E-state index is 10.7. The molecule has 2 saturated carbocycles. The number of carbonyl (C=O) groups excluding carboxylic acids is 1. The van der Waals surface area contributed by atoms with Crippen LogP contribution in [0.15, 0.2) is 0 Å². The minimum Gasteiger partial charge on any atom is -0.370 e. The average Bonchev–Trinajstić information content (AvgIpc) is 2.40. The summed E-state index contributed by atoms with van der Waals surface area (Å²) in [6.07, 6.45) is 15.9. The van der Waals surface area contributed by atoms with E-state index in [1.165, 1.54) is 64.2 Å². The van der Waals surface area contributed by atoms with Gasteiger partial charge in [-0.05, 0) is 43.4 Å². The molecule has 2 rings (SSSR count). The third kappa shape index (κ3) is 4.29. The van der Waals surface area contributed by atoms with E-state index in [2.05, 4.69) is 0 Å². The zero-order valence-corrected chi connectivity index (χ0v) is 11.7. The highest BCUT2D eigenvalue weighted by Crippen LogP contribution is 2.40. The molecular formula is C16H29NO. The molecule has 0 heterocycles. The number of carbonyl (C=O) groups is 1. The Morgan fingerprint density at radius 3 is 2.11 bits per heavy atom. The van der Waals surface area contributed by atoms with Gasteiger partial charge in [0.1, 0.15) is 0 Å². The minimum absolute atomic E-state index is 0.133. The Morgan fingerprint density at radius 2 is 1.50 bits per heavy atom. The van der Waals surface area contributed by atoms with Crippen LogP contribution in [0.2, 0.25) is 0 Å². The van der Waals surface area contributed by atoms with Crippen LogP contribution in [0.5, 0.6) is 0 Å². The van der Waals surface area contributed by atoms with Crippen molar-refractivity contribution in [3.8, 4) is 0 Å². The fraction of sp³-hybridized carbons (Fsp3) is 0.938. The topological polar surface area (TPSA) is 43.1 Å². The van der Waals surface area contributed by atoms with Crippen molar-refractivity contribution in [2.45, 2.75) is 77.0 Å². The average molecular weight is 251 g/mol. The number of hydrogen-bond donors (Lipinski definition) is 1. The largest absolute Gasteiger partial charge is 0.370 e. The first-order chi connectivity index (χ1) is 8.75. The molecule has 104 valence electrons. The first-order valence-electron chi connectivity index (χ1n) is 8.04. The first kappa shape index (κ1) is 13.9. The molecule has 2 heteroatoms. The lowest BCUT2D eigenvalue weighted by Crippen LogP contribution is -2.23. The van der Waals surface area contributed by atoms with Crippen molar-refractivity contribution in [3.05, 3.63) is 0 Å². The van der Waals surface area contributed by atoms with E-state index in [0.29, 0.717) is 6.42 Å². The van der Waals surface area contributed by atoms with Crippen LogP contribution in [0.4, 0.5) is 0 Å². The van der Waals surface area contributed by atoms with Crippen molar-refractivity contribution < 1.29 is 4.79 Å². The molecule has 2 nitrogen and oxygen atoms in total. The Hall–Kier alpha value is -0.530. The van der Waals surface area contributed by atoms with Gasteiger partial charge in [0, 0.05) is 6.42 Å². The normalized spacial score (nSPS) is 30.2. The fourth-order valence-corrected chi connectivity index (χ4v) is 4.12. The van der Waals surface area contributed by atoms with Crippen LogP contribution in [0.1, 0.15) is 77.0 Å². The standard InChI is InChI=1S/C16H29NO/c17-16(18)8-4-5-13-9-11-15(12-10-13)14-6-2-1-3-7-14/h13-15H,1-12H2,(H2,17,18). The molecular weight excluding hydrogens is 222 g/mol. The Kier molecular flexibility index (Phi) is 5.52. The van der Waals surface area contributed by atoms with Gasteiger partial charge in [-0.3, -0.25) is 4.79 Å². The summed E-state index contributed by atoms with van der Waals surface area (Å²) in [5.74, 6) is 2.82. The second-order valence-electron chi connectivity index (χ2n) is 6.54. The quantitative estimate of drug-likeness (QED) is 0.787. The van der Waals surface area contributed by atoms with E-state index < -0.39 is 0 Å². The zero-order chi connectivity index (χ0) is 12.8. The van der Waals surface area contributed by atoms with Crippen LogP contribution in [0.25, 0.3) is 0 Å². The van der Waals surface area contributed by atoms with Gasteiger partial charge in [-0.2, -0.15) is 0 Å². The molecule has 2 aliphatic rings. The Balaban J connectivity index is 1.63. The second kappa shape index (κ2) is 7.16. The molecule has 0 unspecified atom stereocenters. The molecule has 2 aliphatic carbocycles. The molecule has 2 N–H and O–H groups in total.